The van der Waals surface area contributed by atoms with Gasteiger partial charge in [-0.3, -0.25) is 4.79 Å². The molecular weight excluding hydrogens is 493 g/mol. The number of nitrogens with one attached hydrogen (secondary N) is 2. The third-order valence-corrected chi connectivity index (χ3v) is 6.65. The topological polar surface area (TPSA) is 71.3 Å². The molecule has 0 saturated carbocycles. The molecule has 0 aliphatic rings. The van der Waals surface area contributed by atoms with Gasteiger partial charge in [0.25, 0.3) is 5.91 Å². The lowest BCUT2D eigenvalue weighted by molar-refractivity contribution is 0.102. The average molecular weight is 514 g/mol. The zero-order valence-corrected chi connectivity index (χ0v) is 21.0. The van der Waals surface area contributed by atoms with Crippen LogP contribution in [0.25, 0.3) is 27.7 Å². The van der Waals surface area contributed by atoms with Gasteiger partial charge in [0.15, 0.2) is 5.65 Å². The summed E-state index contributed by atoms with van der Waals surface area (Å²) in [5.41, 5.74) is 4.80. The highest BCUT2D eigenvalue weighted by molar-refractivity contribution is 6.36. The number of amides is 1. The molecule has 6 aromatic rings. The molecule has 0 unspecified atom stereocenters. The number of benzene rings is 4. The zero-order valence-electron chi connectivity index (χ0n) is 20.2. The fraction of sp³-hybridized carbons (Fsp3) is 0.0333. The smallest absolute Gasteiger partial charge is 0.255 e. The van der Waals surface area contributed by atoms with Crippen LogP contribution in [0.3, 0.4) is 0 Å². The largest absolute Gasteiger partial charge is 0.366 e. The van der Waals surface area contributed by atoms with Gasteiger partial charge in [-0.1, -0.05) is 72.3 Å². The maximum absolute atomic E-state index is 12.9. The van der Waals surface area contributed by atoms with Gasteiger partial charge >= 0.3 is 0 Å². The number of fused-ring (bicyclic) bond motifs is 2. The van der Waals surface area contributed by atoms with Crippen LogP contribution < -0.4 is 16.1 Å². The molecular formula is C30H21BClN5O. The number of hydrogen-bond acceptors (Lipinski definition) is 4. The molecule has 2 N–H and O–H groups in total. The van der Waals surface area contributed by atoms with Crippen molar-refractivity contribution >= 4 is 58.7 Å². The molecule has 182 valence electrons. The van der Waals surface area contributed by atoms with Crippen LogP contribution in [0.15, 0.2) is 103 Å². The first-order valence-electron chi connectivity index (χ1n) is 12.1. The third-order valence-electron chi connectivity index (χ3n) is 6.32. The van der Waals surface area contributed by atoms with Crippen molar-refractivity contribution in [2.45, 2.75) is 6.54 Å². The molecule has 8 heteroatoms. The van der Waals surface area contributed by atoms with E-state index in [1.165, 1.54) is 0 Å². The van der Waals surface area contributed by atoms with E-state index in [4.69, 9.17) is 19.4 Å². The van der Waals surface area contributed by atoms with Gasteiger partial charge in [0.1, 0.15) is 13.7 Å². The molecule has 2 radical (unpaired) electrons. The first-order chi connectivity index (χ1) is 18.5. The van der Waals surface area contributed by atoms with E-state index in [0.29, 0.717) is 45.4 Å². The molecule has 0 fully saturated rings. The van der Waals surface area contributed by atoms with Gasteiger partial charge in [0, 0.05) is 40.6 Å². The van der Waals surface area contributed by atoms with Gasteiger partial charge < -0.3 is 10.6 Å². The molecule has 2 aromatic heterocycles. The van der Waals surface area contributed by atoms with E-state index in [9.17, 15) is 4.79 Å². The minimum absolute atomic E-state index is 0.159. The minimum atomic E-state index is -0.159. The maximum Gasteiger partial charge on any atom is 0.255 e. The molecule has 1 amide bonds. The first-order valence-corrected chi connectivity index (χ1v) is 12.4. The second-order valence-corrected chi connectivity index (χ2v) is 9.32. The lowest BCUT2D eigenvalue weighted by Gasteiger charge is -2.13. The molecule has 0 atom stereocenters. The normalized spacial score (nSPS) is 11.1. The predicted molar refractivity (Wildman–Crippen MR) is 154 cm³/mol. The second-order valence-electron chi connectivity index (χ2n) is 8.91. The monoisotopic (exact) mass is 513 g/mol. The number of anilines is 2. The summed E-state index contributed by atoms with van der Waals surface area (Å²) in [4.78, 5) is 17.6. The Labute approximate surface area is 225 Å². The van der Waals surface area contributed by atoms with Crippen molar-refractivity contribution in [3.05, 3.63) is 119 Å². The quantitative estimate of drug-likeness (QED) is 0.274. The van der Waals surface area contributed by atoms with Gasteiger partial charge in [-0.05, 0) is 52.1 Å². The standard InChI is InChI=1S/C30H21BClN5O/c31-25-18-34-37-28(16-27(36-29(25)37)24-10-3-4-11-26(24)32)33-17-19-6-5-9-23(14-19)35-30(38)22-13-12-20-7-1-2-8-21(20)15-22/h1-16,18,33H,17H2,(H,35,38). The number of hydrogen-bond donors (Lipinski definition) is 2. The molecule has 2 heterocycles. The Morgan fingerprint density at radius 2 is 1.71 bits per heavy atom. The van der Waals surface area contributed by atoms with E-state index < -0.39 is 0 Å². The summed E-state index contributed by atoms with van der Waals surface area (Å²) in [6, 6.07) is 30.8. The molecule has 38 heavy (non-hydrogen) atoms. The number of carbonyl (C=O) groups is 1. The molecule has 0 aliphatic carbocycles. The van der Waals surface area contributed by atoms with Crippen LogP contribution in [-0.2, 0) is 6.54 Å². The summed E-state index contributed by atoms with van der Waals surface area (Å²) in [5, 5.41) is 13.5. The van der Waals surface area contributed by atoms with Gasteiger partial charge in [-0.15, -0.1) is 0 Å². The highest BCUT2D eigenvalue weighted by atomic mass is 35.5. The van der Waals surface area contributed by atoms with Crippen LogP contribution >= 0.6 is 11.6 Å². The summed E-state index contributed by atoms with van der Waals surface area (Å²) in [6.45, 7) is 0.487. The highest BCUT2D eigenvalue weighted by Crippen LogP contribution is 2.28. The third kappa shape index (κ3) is 4.72. The Morgan fingerprint density at radius 3 is 2.58 bits per heavy atom. The fourth-order valence-electron chi connectivity index (χ4n) is 4.40. The average Bonchev–Trinajstić information content (AvgIpc) is 3.32. The van der Waals surface area contributed by atoms with Gasteiger partial charge in [0.2, 0.25) is 0 Å². The zero-order chi connectivity index (χ0) is 26.1. The van der Waals surface area contributed by atoms with Crippen LogP contribution in [0, 0.1) is 0 Å². The minimum Gasteiger partial charge on any atom is -0.366 e. The van der Waals surface area contributed by atoms with Crippen LogP contribution in [0.4, 0.5) is 11.5 Å². The van der Waals surface area contributed by atoms with E-state index in [1.54, 1.807) is 10.7 Å². The molecule has 6 rings (SSSR count). The Balaban J connectivity index is 1.23. The van der Waals surface area contributed by atoms with Crippen molar-refractivity contribution in [2.75, 3.05) is 10.6 Å². The Morgan fingerprint density at radius 1 is 0.895 bits per heavy atom. The summed E-state index contributed by atoms with van der Waals surface area (Å²) < 4.78 is 1.67. The van der Waals surface area contributed by atoms with E-state index >= 15 is 0 Å². The Kier molecular flexibility index (Phi) is 6.27. The molecule has 0 spiro atoms. The van der Waals surface area contributed by atoms with Crippen molar-refractivity contribution in [2.24, 2.45) is 0 Å². The molecule has 0 aliphatic heterocycles. The van der Waals surface area contributed by atoms with Gasteiger partial charge in [-0.2, -0.15) is 9.61 Å². The second kappa shape index (κ2) is 10.0. The number of halogens is 1. The Hall–Kier alpha value is -4.62. The van der Waals surface area contributed by atoms with Crippen LogP contribution in [0.1, 0.15) is 15.9 Å². The molecule has 4 aromatic carbocycles. The van der Waals surface area contributed by atoms with E-state index in [-0.39, 0.29) is 5.91 Å². The van der Waals surface area contributed by atoms with Crippen LogP contribution in [0.2, 0.25) is 5.02 Å². The maximum atomic E-state index is 12.9. The fourth-order valence-corrected chi connectivity index (χ4v) is 4.63. The van der Waals surface area contributed by atoms with Crippen LogP contribution in [0.5, 0.6) is 0 Å². The highest BCUT2D eigenvalue weighted by Gasteiger charge is 2.13. The summed E-state index contributed by atoms with van der Waals surface area (Å²) in [7, 11) is 6.14. The first kappa shape index (κ1) is 23.8. The van der Waals surface area contributed by atoms with Crippen molar-refractivity contribution in [3.8, 4) is 11.3 Å². The van der Waals surface area contributed by atoms with Crippen LogP contribution in [-0.4, -0.2) is 28.4 Å². The molecule has 0 bridgehead atoms. The summed E-state index contributed by atoms with van der Waals surface area (Å²) in [6.07, 6.45) is 1.58. The van der Waals surface area contributed by atoms with Gasteiger partial charge in [-0.25, -0.2) is 4.98 Å². The lowest BCUT2D eigenvalue weighted by Crippen LogP contribution is -2.12. The summed E-state index contributed by atoms with van der Waals surface area (Å²) >= 11 is 6.43. The SMILES string of the molecule is [B]c1cnn2c(NCc3cccc(NC(=O)c4ccc5ccccc5c4)c3)cc(-c3ccccc3Cl)nc12. The van der Waals surface area contributed by atoms with Crippen molar-refractivity contribution in [1.82, 2.24) is 14.6 Å². The number of carbonyl (C=O) groups excluding carboxylic acids is 1. The van der Waals surface area contributed by atoms with Gasteiger partial charge in [0.05, 0.1) is 5.69 Å². The lowest BCUT2D eigenvalue weighted by atomic mass is 10.0. The predicted octanol–water partition coefficient (Wildman–Crippen LogP) is 5.86. The number of rotatable bonds is 6. The van der Waals surface area contributed by atoms with E-state index in [2.05, 4.69) is 20.7 Å². The molecule has 6 nitrogen and oxygen atoms in total. The van der Waals surface area contributed by atoms with E-state index in [0.717, 1.165) is 21.9 Å². The van der Waals surface area contributed by atoms with Crippen molar-refractivity contribution < 1.29 is 4.79 Å². The van der Waals surface area contributed by atoms with Crippen molar-refractivity contribution in [1.29, 1.82) is 0 Å². The summed E-state index contributed by atoms with van der Waals surface area (Å²) in [5.74, 6) is 0.556. The number of aromatic nitrogens is 3. The number of nitrogens with zero attached hydrogens (tertiary/aromatic N) is 3. The van der Waals surface area contributed by atoms with Crippen molar-refractivity contribution in [3.63, 3.8) is 0 Å². The molecule has 0 saturated heterocycles. The Bertz CT molecular complexity index is 1820. The van der Waals surface area contributed by atoms with E-state index in [1.807, 2.05) is 97.1 Å².